The lowest BCUT2D eigenvalue weighted by molar-refractivity contribution is 0.507. The monoisotopic (exact) mass is 304 g/mol. The maximum Gasteiger partial charge on any atom is 0.0188 e. The molecule has 0 saturated heterocycles. The molecule has 2 atom stereocenters. The summed E-state index contributed by atoms with van der Waals surface area (Å²) in [5.74, 6) is 0.801. The van der Waals surface area contributed by atoms with Gasteiger partial charge in [-0.25, -0.2) is 0 Å². The quantitative estimate of drug-likeness (QED) is 0.632. The summed E-state index contributed by atoms with van der Waals surface area (Å²) >= 11 is 3.82. The van der Waals surface area contributed by atoms with Gasteiger partial charge in [-0.15, -0.1) is 0 Å². The summed E-state index contributed by atoms with van der Waals surface area (Å²) in [5.41, 5.74) is 1.43. The van der Waals surface area contributed by atoms with E-state index in [9.17, 15) is 0 Å². The maximum absolute atomic E-state index is 3.82. The third kappa shape index (κ3) is 3.58. The zero-order valence-corrected chi connectivity index (χ0v) is 12.8. The van der Waals surface area contributed by atoms with Crippen LogP contribution in [0.1, 0.15) is 32.3 Å². The fourth-order valence-corrected chi connectivity index (χ4v) is 3.32. The second kappa shape index (κ2) is 6.38. The van der Waals surface area contributed by atoms with Gasteiger partial charge in [0.15, 0.2) is 0 Å². The highest BCUT2D eigenvalue weighted by Crippen LogP contribution is 2.22. The fourth-order valence-electron chi connectivity index (χ4n) is 2.31. The van der Waals surface area contributed by atoms with Crippen LogP contribution in [0.4, 0.5) is 0 Å². The van der Waals surface area contributed by atoms with Crippen LogP contribution in [0.25, 0.3) is 10.8 Å². The summed E-state index contributed by atoms with van der Waals surface area (Å²) in [6.07, 6.45) is 3.64. The molecule has 2 rings (SSSR count). The molecule has 0 fully saturated rings. The van der Waals surface area contributed by atoms with Gasteiger partial charge in [-0.3, -0.25) is 0 Å². The van der Waals surface area contributed by atoms with E-state index in [0.717, 1.165) is 12.3 Å². The van der Waals surface area contributed by atoms with Crippen molar-refractivity contribution < 1.29 is 0 Å². The molecule has 0 aliphatic heterocycles. The predicted molar refractivity (Wildman–Crippen MR) is 84.4 cm³/mol. The van der Waals surface area contributed by atoms with Gasteiger partial charge in [0.25, 0.3) is 0 Å². The van der Waals surface area contributed by atoms with Crippen LogP contribution in [0.2, 0.25) is 0 Å². The van der Waals surface area contributed by atoms with Gasteiger partial charge in [0.1, 0.15) is 0 Å². The van der Waals surface area contributed by atoms with Crippen LogP contribution in [0, 0.1) is 5.92 Å². The van der Waals surface area contributed by atoms with E-state index in [1.54, 1.807) is 0 Å². The van der Waals surface area contributed by atoms with E-state index >= 15 is 0 Å². The van der Waals surface area contributed by atoms with Crippen molar-refractivity contribution in [3.8, 4) is 0 Å². The van der Waals surface area contributed by atoms with Gasteiger partial charge in [0, 0.05) is 4.83 Å². The molecule has 0 spiro atoms. The smallest absolute Gasteiger partial charge is 0.0188 e. The average molecular weight is 305 g/mol. The maximum atomic E-state index is 3.82. The normalized spacial score (nSPS) is 14.6. The van der Waals surface area contributed by atoms with Gasteiger partial charge in [-0.2, -0.15) is 0 Å². The summed E-state index contributed by atoms with van der Waals surface area (Å²) in [6, 6.07) is 15.4. The SMILES string of the molecule is CCC(C)CC(Br)Cc1ccc2ccccc2c1. The van der Waals surface area contributed by atoms with Crippen molar-refractivity contribution in [3.05, 3.63) is 48.0 Å². The standard InChI is InChI=1S/C17H21Br/c1-3-13(2)10-17(18)12-14-8-9-15-6-4-5-7-16(15)11-14/h4-9,11,13,17H,3,10,12H2,1-2H3. The molecule has 0 heterocycles. The Hall–Kier alpha value is -0.820. The first-order chi connectivity index (χ1) is 8.69. The molecule has 0 nitrogen and oxygen atoms in total. The first-order valence-electron chi connectivity index (χ1n) is 6.80. The van der Waals surface area contributed by atoms with Gasteiger partial charge >= 0.3 is 0 Å². The molecular formula is C17H21Br. The molecule has 2 aromatic carbocycles. The highest BCUT2D eigenvalue weighted by Gasteiger charge is 2.09. The number of fused-ring (bicyclic) bond motifs is 1. The number of benzene rings is 2. The minimum atomic E-state index is 0.591. The zero-order chi connectivity index (χ0) is 13.0. The van der Waals surface area contributed by atoms with Crippen molar-refractivity contribution in [1.29, 1.82) is 0 Å². The van der Waals surface area contributed by atoms with E-state index in [1.165, 1.54) is 29.2 Å². The minimum Gasteiger partial charge on any atom is -0.0887 e. The van der Waals surface area contributed by atoms with E-state index in [1.807, 2.05) is 0 Å². The lowest BCUT2D eigenvalue weighted by Crippen LogP contribution is -2.08. The topological polar surface area (TPSA) is 0 Å². The molecule has 1 heteroatoms. The lowest BCUT2D eigenvalue weighted by atomic mass is 9.98. The molecule has 2 unspecified atom stereocenters. The molecular weight excluding hydrogens is 284 g/mol. The molecule has 0 aliphatic rings. The number of alkyl halides is 1. The van der Waals surface area contributed by atoms with Crippen LogP contribution >= 0.6 is 15.9 Å². The van der Waals surface area contributed by atoms with Gasteiger partial charge in [-0.05, 0) is 35.1 Å². The highest BCUT2D eigenvalue weighted by atomic mass is 79.9. The van der Waals surface area contributed by atoms with E-state index in [0.29, 0.717) is 4.83 Å². The Morgan fingerprint density at radius 1 is 1.06 bits per heavy atom. The van der Waals surface area contributed by atoms with Crippen LogP contribution in [-0.2, 0) is 6.42 Å². The second-order valence-corrected chi connectivity index (χ2v) is 6.53. The van der Waals surface area contributed by atoms with Crippen molar-refractivity contribution in [2.75, 3.05) is 0 Å². The summed E-state index contributed by atoms with van der Waals surface area (Å²) < 4.78 is 0. The van der Waals surface area contributed by atoms with E-state index in [2.05, 4.69) is 72.2 Å². The molecule has 0 aliphatic carbocycles. The lowest BCUT2D eigenvalue weighted by Gasteiger charge is -2.14. The number of halogens is 1. The van der Waals surface area contributed by atoms with Gasteiger partial charge < -0.3 is 0 Å². The van der Waals surface area contributed by atoms with E-state index in [4.69, 9.17) is 0 Å². The van der Waals surface area contributed by atoms with Gasteiger partial charge in [0.2, 0.25) is 0 Å². The second-order valence-electron chi connectivity index (χ2n) is 5.23. The molecule has 0 saturated carbocycles. The first kappa shape index (κ1) is 13.6. The van der Waals surface area contributed by atoms with Crippen molar-refractivity contribution in [2.24, 2.45) is 5.92 Å². The Balaban J connectivity index is 2.07. The van der Waals surface area contributed by atoms with Crippen molar-refractivity contribution >= 4 is 26.7 Å². The molecule has 0 amide bonds. The Labute approximate surface area is 119 Å². The molecule has 0 radical (unpaired) electrons. The molecule has 2 aromatic rings. The van der Waals surface area contributed by atoms with E-state index in [-0.39, 0.29) is 0 Å². The Bertz CT molecular complexity index is 504. The number of hydrogen-bond acceptors (Lipinski definition) is 0. The van der Waals surface area contributed by atoms with E-state index < -0.39 is 0 Å². The zero-order valence-electron chi connectivity index (χ0n) is 11.2. The highest BCUT2D eigenvalue weighted by molar-refractivity contribution is 9.09. The largest absolute Gasteiger partial charge is 0.0887 e. The van der Waals surface area contributed by atoms with Crippen LogP contribution in [0.3, 0.4) is 0 Å². The average Bonchev–Trinajstić information content (AvgIpc) is 2.38. The first-order valence-corrected chi connectivity index (χ1v) is 7.72. The molecule has 0 bridgehead atoms. The van der Waals surface area contributed by atoms with Gasteiger partial charge in [0.05, 0.1) is 0 Å². The van der Waals surface area contributed by atoms with Crippen LogP contribution in [0.15, 0.2) is 42.5 Å². The summed E-state index contributed by atoms with van der Waals surface area (Å²) in [5, 5.41) is 2.67. The minimum absolute atomic E-state index is 0.591. The van der Waals surface area contributed by atoms with Crippen LogP contribution < -0.4 is 0 Å². The van der Waals surface area contributed by atoms with Crippen LogP contribution in [-0.4, -0.2) is 4.83 Å². The molecule has 96 valence electrons. The number of rotatable bonds is 5. The van der Waals surface area contributed by atoms with Crippen molar-refractivity contribution in [3.63, 3.8) is 0 Å². The summed E-state index contributed by atoms with van der Waals surface area (Å²) in [6.45, 7) is 4.59. The summed E-state index contributed by atoms with van der Waals surface area (Å²) in [4.78, 5) is 0.591. The van der Waals surface area contributed by atoms with Crippen molar-refractivity contribution in [2.45, 2.75) is 37.9 Å². The third-order valence-electron chi connectivity index (χ3n) is 3.63. The predicted octanol–water partition coefficient (Wildman–Crippen LogP) is 5.58. The molecule has 0 N–H and O–H groups in total. The Morgan fingerprint density at radius 2 is 1.78 bits per heavy atom. The molecule has 0 aromatic heterocycles. The van der Waals surface area contributed by atoms with Crippen molar-refractivity contribution in [1.82, 2.24) is 0 Å². The fraction of sp³-hybridized carbons (Fsp3) is 0.412. The Kier molecular flexibility index (Phi) is 4.82. The third-order valence-corrected chi connectivity index (χ3v) is 4.32. The number of hydrogen-bond donors (Lipinski definition) is 0. The summed E-state index contributed by atoms with van der Waals surface area (Å²) in [7, 11) is 0. The van der Waals surface area contributed by atoms with Gasteiger partial charge in [-0.1, -0.05) is 78.7 Å². The molecule has 18 heavy (non-hydrogen) atoms. The Morgan fingerprint density at radius 3 is 2.50 bits per heavy atom. The van der Waals surface area contributed by atoms with Crippen LogP contribution in [0.5, 0.6) is 0 Å².